The van der Waals surface area contributed by atoms with Crippen molar-refractivity contribution in [2.24, 2.45) is 0 Å². The van der Waals surface area contributed by atoms with Crippen molar-refractivity contribution >= 4 is 0 Å². The first-order chi connectivity index (χ1) is 11.3. The van der Waals surface area contributed by atoms with E-state index >= 15 is 0 Å². The van der Waals surface area contributed by atoms with Gasteiger partial charge in [0.1, 0.15) is 5.82 Å². The van der Waals surface area contributed by atoms with Crippen molar-refractivity contribution in [1.29, 1.82) is 0 Å². The lowest BCUT2D eigenvalue weighted by Gasteiger charge is -2.29. The molecule has 1 aliphatic rings. The lowest BCUT2D eigenvalue weighted by molar-refractivity contribution is -0.148. The zero-order chi connectivity index (χ0) is 17.5. The normalized spacial score (nSPS) is 16.9. The molecule has 24 heavy (non-hydrogen) atoms. The van der Waals surface area contributed by atoms with Gasteiger partial charge in [-0.25, -0.2) is 8.78 Å². The molecule has 10 heteroatoms. The molecule has 0 saturated carbocycles. The number of aromatic nitrogens is 3. The monoisotopic (exact) mass is 348 g/mol. The Kier molecular flexibility index (Phi) is 4.26. The molecule has 3 rings (SSSR count). The second-order valence-electron chi connectivity index (χ2n) is 5.51. The van der Waals surface area contributed by atoms with Gasteiger partial charge in [-0.2, -0.15) is 13.2 Å². The number of aliphatic hydroxyl groups excluding tert-OH is 1. The maximum Gasteiger partial charge on any atom is 0.451 e. The minimum absolute atomic E-state index is 0.0294. The average molecular weight is 348 g/mol. The van der Waals surface area contributed by atoms with Gasteiger partial charge in [-0.1, -0.05) is 6.07 Å². The SMILES string of the molecule is OC(CN1CCn2c(nnc2C(F)(F)F)C1)c1ccc(F)c(F)c1. The van der Waals surface area contributed by atoms with Gasteiger partial charge in [-0.05, 0) is 17.7 Å². The first-order valence-corrected chi connectivity index (χ1v) is 7.10. The van der Waals surface area contributed by atoms with E-state index in [2.05, 4.69) is 10.2 Å². The summed E-state index contributed by atoms with van der Waals surface area (Å²) in [5, 5.41) is 16.8. The number of nitrogens with zero attached hydrogens (tertiary/aromatic N) is 4. The van der Waals surface area contributed by atoms with Gasteiger partial charge in [0.2, 0.25) is 5.82 Å². The van der Waals surface area contributed by atoms with Gasteiger partial charge >= 0.3 is 6.18 Å². The molecule has 0 saturated heterocycles. The summed E-state index contributed by atoms with van der Waals surface area (Å²) >= 11 is 0. The van der Waals surface area contributed by atoms with Crippen LogP contribution in [0.4, 0.5) is 22.0 Å². The van der Waals surface area contributed by atoms with Gasteiger partial charge in [0, 0.05) is 19.6 Å². The van der Waals surface area contributed by atoms with Crippen LogP contribution in [0.25, 0.3) is 0 Å². The fourth-order valence-corrected chi connectivity index (χ4v) is 2.64. The van der Waals surface area contributed by atoms with E-state index < -0.39 is 29.7 Å². The molecular weight excluding hydrogens is 335 g/mol. The number of benzene rings is 1. The lowest BCUT2D eigenvalue weighted by Crippen LogP contribution is -2.37. The standard InChI is InChI=1S/C14H13F5N4O/c15-9-2-1-8(5-10(9)16)11(24)6-22-3-4-23-12(7-22)20-21-13(23)14(17,18)19/h1-2,5,11,24H,3-4,6-7H2. The van der Waals surface area contributed by atoms with E-state index in [0.717, 1.165) is 16.7 Å². The zero-order valence-corrected chi connectivity index (χ0v) is 12.3. The molecule has 2 aromatic rings. The van der Waals surface area contributed by atoms with Crippen LogP contribution in [-0.2, 0) is 19.3 Å². The van der Waals surface area contributed by atoms with Crippen LogP contribution in [0.1, 0.15) is 23.3 Å². The largest absolute Gasteiger partial charge is 0.451 e. The van der Waals surface area contributed by atoms with Gasteiger partial charge in [0.05, 0.1) is 12.6 Å². The molecule has 2 heterocycles. The average Bonchev–Trinajstić information content (AvgIpc) is 2.93. The van der Waals surface area contributed by atoms with E-state index in [9.17, 15) is 27.1 Å². The highest BCUT2D eigenvalue weighted by Gasteiger charge is 2.39. The fraction of sp³-hybridized carbons (Fsp3) is 0.429. The number of fused-ring (bicyclic) bond motifs is 1. The lowest BCUT2D eigenvalue weighted by atomic mass is 10.1. The molecular formula is C14H13F5N4O. The van der Waals surface area contributed by atoms with Crippen molar-refractivity contribution in [3.05, 3.63) is 47.0 Å². The van der Waals surface area contributed by atoms with Crippen LogP contribution in [0.2, 0.25) is 0 Å². The molecule has 0 spiro atoms. The maximum absolute atomic E-state index is 13.2. The Morgan fingerprint density at radius 1 is 1.12 bits per heavy atom. The van der Waals surface area contributed by atoms with Crippen molar-refractivity contribution in [3.63, 3.8) is 0 Å². The Hall–Kier alpha value is -2.07. The summed E-state index contributed by atoms with van der Waals surface area (Å²) < 4.78 is 65.4. The molecule has 0 amide bonds. The highest BCUT2D eigenvalue weighted by atomic mass is 19.4. The topological polar surface area (TPSA) is 54.2 Å². The first kappa shape index (κ1) is 16.8. The van der Waals surface area contributed by atoms with Crippen LogP contribution < -0.4 is 0 Å². The summed E-state index contributed by atoms with van der Waals surface area (Å²) in [4.78, 5) is 1.68. The third-order valence-electron chi connectivity index (χ3n) is 3.85. The van der Waals surface area contributed by atoms with Crippen molar-refractivity contribution in [1.82, 2.24) is 19.7 Å². The van der Waals surface area contributed by atoms with Crippen LogP contribution in [0.5, 0.6) is 0 Å². The van der Waals surface area contributed by atoms with Crippen molar-refractivity contribution < 1.29 is 27.1 Å². The Bertz CT molecular complexity index is 745. The Morgan fingerprint density at radius 3 is 2.54 bits per heavy atom. The smallest absolute Gasteiger partial charge is 0.387 e. The number of hydrogen-bond acceptors (Lipinski definition) is 4. The zero-order valence-electron chi connectivity index (χ0n) is 12.3. The summed E-state index contributed by atoms with van der Waals surface area (Å²) in [7, 11) is 0. The van der Waals surface area contributed by atoms with Gasteiger partial charge < -0.3 is 9.67 Å². The molecule has 130 valence electrons. The van der Waals surface area contributed by atoms with E-state index in [1.54, 1.807) is 4.90 Å². The van der Waals surface area contributed by atoms with Crippen molar-refractivity contribution in [2.45, 2.75) is 25.4 Å². The molecule has 0 fully saturated rings. The van der Waals surface area contributed by atoms with Gasteiger partial charge in [-0.3, -0.25) is 4.90 Å². The Balaban J connectivity index is 1.70. The first-order valence-electron chi connectivity index (χ1n) is 7.10. The number of β-amino-alcohol motifs (C(OH)–C–C–N with tert-alkyl or cyclic N) is 1. The summed E-state index contributed by atoms with van der Waals surface area (Å²) in [6.45, 7) is 0.402. The Morgan fingerprint density at radius 2 is 1.88 bits per heavy atom. The summed E-state index contributed by atoms with van der Waals surface area (Å²) in [6, 6.07) is 3.07. The number of alkyl halides is 3. The highest BCUT2D eigenvalue weighted by Crippen LogP contribution is 2.29. The van der Waals surface area contributed by atoms with Crippen LogP contribution in [0.15, 0.2) is 18.2 Å². The van der Waals surface area contributed by atoms with Crippen LogP contribution in [0.3, 0.4) is 0 Å². The Labute approximate surface area is 133 Å². The molecule has 5 nitrogen and oxygen atoms in total. The molecule has 0 radical (unpaired) electrons. The summed E-state index contributed by atoms with van der Waals surface area (Å²) in [5.41, 5.74) is 0.192. The quantitative estimate of drug-likeness (QED) is 0.864. The molecule has 1 aromatic heterocycles. The molecule has 1 atom stereocenters. The predicted molar refractivity (Wildman–Crippen MR) is 71.6 cm³/mol. The second kappa shape index (κ2) is 6.10. The predicted octanol–water partition coefficient (Wildman–Crippen LogP) is 2.12. The molecule has 0 bridgehead atoms. The summed E-state index contributed by atoms with van der Waals surface area (Å²) in [5.74, 6) is -2.99. The van der Waals surface area contributed by atoms with Crippen molar-refractivity contribution in [2.75, 3.05) is 13.1 Å². The minimum Gasteiger partial charge on any atom is -0.387 e. The molecule has 0 aliphatic carbocycles. The molecule has 1 unspecified atom stereocenters. The third kappa shape index (κ3) is 3.24. The molecule has 1 aliphatic heterocycles. The van der Waals surface area contributed by atoms with E-state index in [4.69, 9.17) is 0 Å². The number of aliphatic hydroxyl groups is 1. The van der Waals surface area contributed by atoms with E-state index in [-0.39, 0.29) is 37.6 Å². The van der Waals surface area contributed by atoms with Crippen LogP contribution in [-0.4, -0.2) is 37.9 Å². The van der Waals surface area contributed by atoms with Gasteiger partial charge in [0.25, 0.3) is 0 Å². The summed E-state index contributed by atoms with van der Waals surface area (Å²) in [6.07, 6.45) is -5.67. The van der Waals surface area contributed by atoms with Gasteiger partial charge in [0.15, 0.2) is 11.6 Å². The van der Waals surface area contributed by atoms with E-state index in [1.807, 2.05) is 0 Å². The fourth-order valence-electron chi connectivity index (χ4n) is 2.64. The van der Waals surface area contributed by atoms with Crippen LogP contribution in [0, 0.1) is 11.6 Å². The molecule has 1 aromatic carbocycles. The van der Waals surface area contributed by atoms with E-state index in [1.165, 1.54) is 6.07 Å². The minimum atomic E-state index is -4.57. The van der Waals surface area contributed by atoms with Gasteiger partial charge in [-0.15, -0.1) is 10.2 Å². The second-order valence-corrected chi connectivity index (χ2v) is 5.51. The third-order valence-corrected chi connectivity index (χ3v) is 3.85. The number of halogens is 5. The van der Waals surface area contributed by atoms with E-state index in [0.29, 0.717) is 0 Å². The highest BCUT2D eigenvalue weighted by molar-refractivity contribution is 5.20. The van der Waals surface area contributed by atoms with Crippen molar-refractivity contribution in [3.8, 4) is 0 Å². The number of hydrogen-bond donors (Lipinski definition) is 1. The molecule has 1 N–H and O–H groups in total. The van der Waals surface area contributed by atoms with Crippen LogP contribution >= 0.6 is 0 Å². The number of rotatable bonds is 3. The maximum atomic E-state index is 13.2.